The fourth-order valence-electron chi connectivity index (χ4n) is 2.87. The first kappa shape index (κ1) is 13.0. The largest absolute Gasteiger partial charge is 0.382 e. The highest BCUT2D eigenvalue weighted by molar-refractivity contribution is 5.45. The Morgan fingerprint density at radius 2 is 2.06 bits per heavy atom. The van der Waals surface area contributed by atoms with Crippen molar-refractivity contribution in [2.24, 2.45) is 5.41 Å². The van der Waals surface area contributed by atoms with Crippen LogP contribution in [0.15, 0.2) is 24.3 Å². The van der Waals surface area contributed by atoms with Gasteiger partial charge in [-0.3, -0.25) is 0 Å². The third-order valence-electron chi connectivity index (χ3n) is 3.81. The van der Waals surface area contributed by atoms with E-state index in [2.05, 4.69) is 37.4 Å². The molecule has 0 heterocycles. The number of nitrogens with zero attached hydrogens (tertiary/aromatic N) is 1. The molecule has 1 aromatic carbocycles. The van der Waals surface area contributed by atoms with Gasteiger partial charge in [0.2, 0.25) is 0 Å². The maximum atomic E-state index is 8.64. The summed E-state index contributed by atoms with van der Waals surface area (Å²) in [5.41, 5.74) is 2.74. The average molecular weight is 242 g/mol. The van der Waals surface area contributed by atoms with Gasteiger partial charge in [0.15, 0.2) is 0 Å². The van der Waals surface area contributed by atoms with Crippen LogP contribution in [0.5, 0.6) is 0 Å². The Morgan fingerprint density at radius 1 is 1.33 bits per heavy atom. The summed E-state index contributed by atoms with van der Waals surface area (Å²) in [6.45, 7) is 4.72. The van der Waals surface area contributed by atoms with Crippen LogP contribution in [0.1, 0.15) is 45.1 Å². The summed E-state index contributed by atoms with van der Waals surface area (Å²) in [5.74, 6) is 0. The Morgan fingerprint density at radius 3 is 2.67 bits per heavy atom. The molecule has 0 aliphatic heterocycles. The van der Waals surface area contributed by atoms with Gasteiger partial charge in [-0.15, -0.1) is 0 Å². The molecule has 0 saturated heterocycles. The van der Waals surface area contributed by atoms with Gasteiger partial charge in [-0.25, -0.2) is 0 Å². The van der Waals surface area contributed by atoms with Crippen molar-refractivity contribution >= 4 is 5.69 Å². The summed E-state index contributed by atoms with van der Waals surface area (Å²) in [5, 5.41) is 12.3. The molecule has 0 spiro atoms. The second-order valence-electron chi connectivity index (χ2n) is 6.13. The maximum absolute atomic E-state index is 8.64. The Bertz CT molecular complexity index is 425. The van der Waals surface area contributed by atoms with Gasteiger partial charge in [0, 0.05) is 11.7 Å². The van der Waals surface area contributed by atoms with Gasteiger partial charge in [0.1, 0.15) is 0 Å². The minimum Gasteiger partial charge on any atom is -0.382 e. The second-order valence-corrected chi connectivity index (χ2v) is 6.13. The lowest BCUT2D eigenvalue weighted by Crippen LogP contribution is -2.31. The van der Waals surface area contributed by atoms with Crippen molar-refractivity contribution < 1.29 is 0 Å². The van der Waals surface area contributed by atoms with Crippen LogP contribution in [0.3, 0.4) is 0 Å². The third kappa shape index (κ3) is 3.50. The van der Waals surface area contributed by atoms with E-state index in [0.29, 0.717) is 17.9 Å². The molecule has 1 atom stereocenters. The summed E-state index contributed by atoms with van der Waals surface area (Å²) >= 11 is 0. The Balaban J connectivity index is 1.95. The Hall–Kier alpha value is -1.49. The molecule has 1 aliphatic carbocycles. The van der Waals surface area contributed by atoms with Crippen molar-refractivity contribution in [2.45, 2.75) is 52.0 Å². The summed E-state index contributed by atoms with van der Waals surface area (Å²) in [7, 11) is 0. The molecule has 1 fully saturated rings. The smallest absolute Gasteiger partial charge is 0.0669 e. The number of rotatable bonds is 3. The highest BCUT2D eigenvalue weighted by Gasteiger charge is 2.27. The fraction of sp³-hybridized carbons (Fsp3) is 0.562. The first-order chi connectivity index (χ1) is 8.59. The summed E-state index contributed by atoms with van der Waals surface area (Å²) in [4.78, 5) is 0. The molecular weight excluding hydrogens is 220 g/mol. The molecule has 0 bridgehead atoms. The van der Waals surface area contributed by atoms with Crippen LogP contribution >= 0.6 is 0 Å². The SMILES string of the molecule is CC1(C)CCCC(Nc2ccc(CC#N)cc2)C1. The van der Waals surface area contributed by atoms with Crippen LogP contribution in [0.4, 0.5) is 5.69 Å². The zero-order chi connectivity index (χ0) is 13.0. The molecule has 0 aromatic heterocycles. The first-order valence-electron chi connectivity index (χ1n) is 6.81. The van der Waals surface area contributed by atoms with E-state index in [0.717, 1.165) is 5.56 Å². The van der Waals surface area contributed by atoms with E-state index in [1.807, 2.05) is 12.1 Å². The number of hydrogen-bond donors (Lipinski definition) is 1. The van der Waals surface area contributed by atoms with E-state index < -0.39 is 0 Å². The first-order valence-corrected chi connectivity index (χ1v) is 6.81. The Labute approximate surface area is 110 Å². The minimum absolute atomic E-state index is 0.469. The van der Waals surface area contributed by atoms with Crippen molar-refractivity contribution in [3.05, 3.63) is 29.8 Å². The number of nitrogens with one attached hydrogen (secondary N) is 1. The highest BCUT2D eigenvalue weighted by Crippen LogP contribution is 2.36. The molecule has 2 heteroatoms. The summed E-state index contributed by atoms with van der Waals surface area (Å²) < 4.78 is 0. The van der Waals surface area contributed by atoms with Gasteiger partial charge in [0.25, 0.3) is 0 Å². The van der Waals surface area contributed by atoms with Crippen LogP contribution in [0.2, 0.25) is 0 Å². The van der Waals surface area contributed by atoms with Crippen LogP contribution in [-0.4, -0.2) is 6.04 Å². The van der Waals surface area contributed by atoms with E-state index in [1.54, 1.807) is 0 Å². The van der Waals surface area contributed by atoms with E-state index in [9.17, 15) is 0 Å². The molecule has 1 aromatic rings. The van der Waals surface area contributed by atoms with E-state index >= 15 is 0 Å². The molecule has 96 valence electrons. The number of anilines is 1. The van der Waals surface area contributed by atoms with E-state index in [-0.39, 0.29) is 0 Å². The number of benzene rings is 1. The van der Waals surface area contributed by atoms with Crippen molar-refractivity contribution in [3.8, 4) is 6.07 Å². The Kier molecular flexibility index (Phi) is 3.91. The monoisotopic (exact) mass is 242 g/mol. The predicted molar refractivity (Wildman–Crippen MR) is 75.4 cm³/mol. The van der Waals surface area contributed by atoms with Crippen LogP contribution < -0.4 is 5.32 Å². The van der Waals surface area contributed by atoms with E-state index in [4.69, 9.17) is 5.26 Å². The van der Waals surface area contributed by atoms with E-state index in [1.165, 1.54) is 31.4 Å². The number of nitriles is 1. The molecular formula is C16H22N2. The zero-order valence-electron chi connectivity index (χ0n) is 11.4. The second kappa shape index (κ2) is 5.44. The quantitative estimate of drug-likeness (QED) is 0.865. The van der Waals surface area contributed by atoms with Gasteiger partial charge < -0.3 is 5.32 Å². The number of hydrogen-bond acceptors (Lipinski definition) is 2. The molecule has 18 heavy (non-hydrogen) atoms. The molecule has 2 nitrogen and oxygen atoms in total. The molecule has 1 aliphatic rings. The fourth-order valence-corrected chi connectivity index (χ4v) is 2.87. The van der Waals surface area contributed by atoms with Gasteiger partial charge in [0.05, 0.1) is 12.5 Å². The van der Waals surface area contributed by atoms with Crippen LogP contribution in [-0.2, 0) is 6.42 Å². The van der Waals surface area contributed by atoms with Crippen LogP contribution in [0, 0.1) is 16.7 Å². The van der Waals surface area contributed by atoms with Gasteiger partial charge in [-0.2, -0.15) is 5.26 Å². The molecule has 0 radical (unpaired) electrons. The predicted octanol–water partition coefficient (Wildman–Crippen LogP) is 4.13. The molecule has 1 saturated carbocycles. The summed E-state index contributed by atoms with van der Waals surface area (Å²) in [6, 6.07) is 11.0. The minimum atomic E-state index is 0.469. The van der Waals surface area contributed by atoms with Gasteiger partial charge >= 0.3 is 0 Å². The lowest BCUT2D eigenvalue weighted by molar-refractivity contribution is 0.229. The summed E-state index contributed by atoms with van der Waals surface area (Å²) in [6.07, 6.45) is 5.66. The highest BCUT2D eigenvalue weighted by atomic mass is 14.9. The standard InChI is InChI=1S/C16H22N2/c1-16(2)10-3-4-15(12-16)18-14-7-5-13(6-8-14)9-11-17/h5-8,15,18H,3-4,9-10,12H2,1-2H3. The third-order valence-corrected chi connectivity index (χ3v) is 3.81. The van der Waals surface area contributed by atoms with Crippen molar-refractivity contribution in [1.82, 2.24) is 0 Å². The molecule has 2 rings (SSSR count). The molecule has 1 unspecified atom stereocenters. The normalized spacial score (nSPS) is 22.2. The maximum Gasteiger partial charge on any atom is 0.0669 e. The molecule has 1 N–H and O–H groups in total. The van der Waals surface area contributed by atoms with Crippen molar-refractivity contribution in [3.63, 3.8) is 0 Å². The lowest BCUT2D eigenvalue weighted by Gasteiger charge is -2.36. The van der Waals surface area contributed by atoms with Crippen molar-refractivity contribution in [1.29, 1.82) is 5.26 Å². The lowest BCUT2D eigenvalue weighted by atomic mass is 9.75. The average Bonchev–Trinajstić information content (AvgIpc) is 2.31. The van der Waals surface area contributed by atoms with Crippen LogP contribution in [0.25, 0.3) is 0 Å². The van der Waals surface area contributed by atoms with Gasteiger partial charge in [-0.1, -0.05) is 32.4 Å². The topological polar surface area (TPSA) is 35.8 Å². The van der Waals surface area contributed by atoms with Crippen molar-refractivity contribution in [2.75, 3.05) is 5.32 Å². The zero-order valence-corrected chi connectivity index (χ0v) is 11.4. The van der Waals surface area contributed by atoms with Gasteiger partial charge in [-0.05, 0) is 42.4 Å². The molecule has 0 amide bonds.